The lowest BCUT2D eigenvalue weighted by atomic mass is 9.86. The zero-order valence-electron chi connectivity index (χ0n) is 20.6. The number of methoxy groups -OCH3 is 2. The number of nitrogens with zero attached hydrogens (tertiary/aromatic N) is 2. The molecule has 4 aromatic carbocycles. The van der Waals surface area contributed by atoms with E-state index in [2.05, 4.69) is 24.3 Å². The van der Waals surface area contributed by atoms with E-state index in [1.54, 1.807) is 14.2 Å². The highest BCUT2D eigenvalue weighted by atomic mass is 16.6. The molecule has 7 heteroatoms. The van der Waals surface area contributed by atoms with Crippen LogP contribution >= 0.6 is 0 Å². The quantitative estimate of drug-likeness (QED) is 0.240. The molecule has 37 heavy (non-hydrogen) atoms. The van der Waals surface area contributed by atoms with E-state index >= 15 is 0 Å². The summed E-state index contributed by atoms with van der Waals surface area (Å²) in [6.07, 6.45) is 0.625. The molecule has 5 rings (SSSR count). The minimum Gasteiger partial charge on any atom is -0.497 e. The molecule has 1 heterocycles. The summed E-state index contributed by atoms with van der Waals surface area (Å²) in [5.74, 6) is 1.15. The van der Waals surface area contributed by atoms with Crippen LogP contribution in [-0.2, 0) is 6.42 Å². The van der Waals surface area contributed by atoms with Crippen LogP contribution in [0, 0.1) is 10.1 Å². The van der Waals surface area contributed by atoms with Crippen LogP contribution in [0.5, 0.6) is 11.5 Å². The number of benzene rings is 4. The van der Waals surface area contributed by atoms with E-state index in [9.17, 15) is 14.9 Å². The van der Waals surface area contributed by atoms with Crippen molar-refractivity contribution in [2.24, 2.45) is 0 Å². The number of fused-ring (bicyclic) bond motifs is 1. The number of amides is 1. The van der Waals surface area contributed by atoms with E-state index in [4.69, 9.17) is 9.47 Å². The third-order valence-corrected chi connectivity index (χ3v) is 6.78. The minimum atomic E-state index is -0.471. The molecule has 0 bridgehead atoms. The van der Waals surface area contributed by atoms with Crippen LogP contribution in [0.25, 0.3) is 11.1 Å². The Labute approximate surface area is 215 Å². The molecule has 0 spiro atoms. The number of nitro benzene ring substituents is 1. The Bertz CT molecular complexity index is 1420. The summed E-state index contributed by atoms with van der Waals surface area (Å²) in [6, 6.07) is 27.5. The molecule has 0 saturated carbocycles. The Morgan fingerprint density at radius 3 is 2.19 bits per heavy atom. The second kappa shape index (κ2) is 10.1. The smallest absolute Gasteiger partial charge is 0.269 e. The summed E-state index contributed by atoms with van der Waals surface area (Å²) in [6.45, 7) is 0.476. The van der Waals surface area contributed by atoms with Gasteiger partial charge in [-0.2, -0.15) is 0 Å². The molecule has 0 saturated heterocycles. The van der Waals surface area contributed by atoms with Crippen LogP contribution in [-0.4, -0.2) is 36.5 Å². The van der Waals surface area contributed by atoms with Crippen LogP contribution in [0.4, 0.5) is 5.69 Å². The van der Waals surface area contributed by atoms with Gasteiger partial charge in [-0.3, -0.25) is 14.9 Å². The molecule has 0 N–H and O–H groups in total. The Kier molecular flexibility index (Phi) is 6.60. The average molecular weight is 495 g/mol. The van der Waals surface area contributed by atoms with Gasteiger partial charge in [0.1, 0.15) is 11.5 Å². The number of rotatable bonds is 6. The van der Waals surface area contributed by atoms with Crippen molar-refractivity contribution >= 4 is 11.6 Å². The van der Waals surface area contributed by atoms with Crippen molar-refractivity contribution < 1.29 is 19.2 Å². The molecule has 1 amide bonds. The van der Waals surface area contributed by atoms with Crippen LogP contribution < -0.4 is 9.47 Å². The van der Waals surface area contributed by atoms with Gasteiger partial charge in [-0.25, -0.2) is 0 Å². The number of ether oxygens (including phenoxy) is 2. The fourth-order valence-electron chi connectivity index (χ4n) is 4.93. The maximum absolute atomic E-state index is 13.8. The van der Waals surface area contributed by atoms with Gasteiger partial charge in [0.05, 0.1) is 25.2 Å². The highest BCUT2D eigenvalue weighted by Gasteiger charge is 2.35. The highest BCUT2D eigenvalue weighted by Crippen LogP contribution is 2.43. The molecule has 0 fully saturated rings. The molecule has 7 nitrogen and oxygen atoms in total. The Hall–Kier alpha value is -4.65. The van der Waals surface area contributed by atoms with Gasteiger partial charge in [0.2, 0.25) is 0 Å². The van der Waals surface area contributed by atoms with E-state index in [0.717, 1.165) is 27.8 Å². The summed E-state index contributed by atoms with van der Waals surface area (Å²) in [5, 5.41) is 11.1. The van der Waals surface area contributed by atoms with Gasteiger partial charge in [0.25, 0.3) is 11.6 Å². The lowest BCUT2D eigenvalue weighted by molar-refractivity contribution is -0.384. The van der Waals surface area contributed by atoms with Crippen molar-refractivity contribution in [1.82, 2.24) is 4.90 Å². The maximum Gasteiger partial charge on any atom is 0.269 e. The summed E-state index contributed by atoms with van der Waals surface area (Å²) in [7, 11) is 3.23. The second-order valence-electron chi connectivity index (χ2n) is 8.85. The van der Waals surface area contributed by atoms with Crippen LogP contribution in [0.15, 0.2) is 91.0 Å². The highest BCUT2D eigenvalue weighted by molar-refractivity contribution is 5.95. The molecule has 186 valence electrons. The van der Waals surface area contributed by atoms with Gasteiger partial charge < -0.3 is 14.4 Å². The molecule has 0 radical (unpaired) electrons. The SMILES string of the molecule is COc1cc2c(c(OC)c1)C(c1ccc(-c3ccccc3)cc1)N(C(=O)c1ccc([N+](=O)[O-])cc1)CC2. The first-order valence-electron chi connectivity index (χ1n) is 12.0. The fraction of sp³-hybridized carbons (Fsp3) is 0.167. The normalized spacial score (nSPS) is 14.5. The Balaban J connectivity index is 1.60. The topological polar surface area (TPSA) is 81.9 Å². The lowest BCUT2D eigenvalue weighted by Gasteiger charge is -2.39. The van der Waals surface area contributed by atoms with E-state index in [1.165, 1.54) is 24.3 Å². The van der Waals surface area contributed by atoms with Gasteiger partial charge in [-0.1, -0.05) is 54.6 Å². The Morgan fingerprint density at radius 1 is 0.892 bits per heavy atom. The van der Waals surface area contributed by atoms with E-state index < -0.39 is 11.0 Å². The number of non-ortho nitro benzene ring substituents is 1. The summed E-state index contributed by atoms with van der Waals surface area (Å²) in [4.78, 5) is 26.2. The predicted molar refractivity (Wildman–Crippen MR) is 141 cm³/mol. The molecule has 0 aliphatic carbocycles. The number of carbonyl (C=O) groups excluding carboxylic acids is 1. The van der Waals surface area contributed by atoms with Crippen LogP contribution in [0.3, 0.4) is 0 Å². The molecule has 1 aliphatic heterocycles. The van der Waals surface area contributed by atoms with Gasteiger partial charge in [-0.05, 0) is 46.9 Å². The van der Waals surface area contributed by atoms with Crippen molar-refractivity contribution in [2.75, 3.05) is 20.8 Å². The molecular formula is C30H26N2O5. The summed E-state index contributed by atoms with van der Waals surface area (Å²) >= 11 is 0. The van der Waals surface area contributed by atoms with Crippen molar-refractivity contribution in [2.45, 2.75) is 12.5 Å². The average Bonchev–Trinajstić information content (AvgIpc) is 2.96. The first-order valence-corrected chi connectivity index (χ1v) is 12.0. The van der Waals surface area contributed by atoms with Crippen molar-refractivity contribution in [3.05, 3.63) is 123 Å². The van der Waals surface area contributed by atoms with Gasteiger partial charge >= 0.3 is 0 Å². The van der Waals surface area contributed by atoms with E-state index in [0.29, 0.717) is 30.0 Å². The summed E-state index contributed by atoms with van der Waals surface area (Å²) in [5.41, 5.74) is 5.45. The fourth-order valence-corrected chi connectivity index (χ4v) is 4.93. The molecular weight excluding hydrogens is 468 g/mol. The third kappa shape index (κ3) is 4.63. The third-order valence-electron chi connectivity index (χ3n) is 6.78. The first kappa shape index (κ1) is 24.1. The number of hydrogen-bond acceptors (Lipinski definition) is 5. The van der Waals surface area contributed by atoms with Crippen LogP contribution in [0.1, 0.15) is 33.1 Å². The largest absolute Gasteiger partial charge is 0.497 e. The van der Waals surface area contributed by atoms with Crippen molar-refractivity contribution in [3.8, 4) is 22.6 Å². The van der Waals surface area contributed by atoms with Gasteiger partial charge in [0, 0.05) is 35.9 Å². The zero-order chi connectivity index (χ0) is 25.9. The number of nitro groups is 1. The summed E-state index contributed by atoms with van der Waals surface area (Å²) < 4.78 is 11.3. The van der Waals surface area contributed by atoms with Gasteiger partial charge in [-0.15, -0.1) is 0 Å². The predicted octanol–water partition coefficient (Wildman–Crippen LogP) is 6.07. The molecule has 4 aromatic rings. The minimum absolute atomic E-state index is 0.0534. The molecule has 0 aromatic heterocycles. The van der Waals surface area contributed by atoms with E-state index in [-0.39, 0.29) is 11.6 Å². The standard InChI is InChI=1S/C30H26N2O5/c1-36-26-18-24-16-17-31(30(33)23-12-14-25(15-13-23)32(34)35)29(28(24)27(19-26)37-2)22-10-8-21(9-11-22)20-6-4-3-5-7-20/h3-15,18-19,29H,16-17H2,1-2H3. The molecule has 1 atom stereocenters. The van der Waals surface area contributed by atoms with Crippen molar-refractivity contribution in [3.63, 3.8) is 0 Å². The number of hydrogen-bond donors (Lipinski definition) is 0. The van der Waals surface area contributed by atoms with Crippen LogP contribution in [0.2, 0.25) is 0 Å². The monoisotopic (exact) mass is 494 g/mol. The first-order chi connectivity index (χ1) is 18.0. The zero-order valence-corrected chi connectivity index (χ0v) is 20.6. The van der Waals surface area contributed by atoms with Gasteiger partial charge in [0.15, 0.2) is 0 Å². The number of carbonyl (C=O) groups is 1. The van der Waals surface area contributed by atoms with E-state index in [1.807, 2.05) is 47.4 Å². The molecule has 1 unspecified atom stereocenters. The lowest BCUT2D eigenvalue weighted by Crippen LogP contribution is -2.40. The van der Waals surface area contributed by atoms with Crippen molar-refractivity contribution in [1.29, 1.82) is 0 Å². The molecule has 1 aliphatic rings. The maximum atomic E-state index is 13.8. The Morgan fingerprint density at radius 2 is 1.57 bits per heavy atom. The second-order valence-corrected chi connectivity index (χ2v) is 8.85.